The molecule has 2 aromatic rings. The minimum Gasteiger partial charge on any atom is -0.496 e. The van der Waals surface area contributed by atoms with Gasteiger partial charge < -0.3 is 14.4 Å². The number of carbonyl (C=O) groups excluding carboxylic acids is 1. The van der Waals surface area contributed by atoms with Crippen molar-refractivity contribution in [1.29, 1.82) is 0 Å². The van der Waals surface area contributed by atoms with Crippen LogP contribution in [0, 0.1) is 6.92 Å². The summed E-state index contributed by atoms with van der Waals surface area (Å²) in [7, 11) is 3.22. The molecule has 0 atom stereocenters. The second-order valence-corrected chi connectivity index (χ2v) is 6.39. The standard InChI is InChI=1S/C22H29NO3/c1-5-13-23(14-9-12-18-10-7-6-8-11-18)22(24)19-15-20(25-3)17(2)21(16-19)26-4/h6-8,10-11,15-16H,5,9,12-14H2,1-4H3. The maximum Gasteiger partial charge on any atom is 0.254 e. The van der Waals surface area contributed by atoms with Gasteiger partial charge in [-0.3, -0.25) is 4.79 Å². The van der Waals surface area contributed by atoms with E-state index in [2.05, 4.69) is 31.2 Å². The van der Waals surface area contributed by atoms with Gasteiger partial charge in [-0.2, -0.15) is 0 Å². The molecule has 2 rings (SSSR count). The van der Waals surface area contributed by atoms with Crippen LogP contribution in [0.3, 0.4) is 0 Å². The van der Waals surface area contributed by atoms with E-state index in [-0.39, 0.29) is 5.91 Å². The molecule has 0 N–H and O–H groups in total. The van der Waals surface area contributed by atoms with E-state index in [1.165, 1.54) is 5.56 Å². The molecule has 0 heterocycles. The molecule has 0 aliphatic heterocycles. The molecule has 0 aromatic heterocycles. The number of ether oxygens (including phenoxy) is 2. The van der Waals surface area contributed by atoms with E-state index >= 15 is 0 Å². The SMILES string of the molecule is CCCN(CCCc1ccccc1)C(=O)c1cc(OC)c(C)c(OC)c1. The van der Waals surface area contributed by atoms with Gasteiger partial charge in [0.1, 0.15) is 11.5 Å². The summed E-state index contributed by atoms with van der Waals surface area (Å²) in [6.07, 6.45) is 2.84. The van der Waals surface area contributed by atoms with E-state index in [0.29, 0.717) is 17.1 Å². The summed E-state index contributed by atoms with van der Waals surface area (Å²) in [5.74, 6) is 1.37. The Hall–Kier alpha value is -2.49. The Balaban J connectivity index is 2.12. The fraction of sp³-hybridized carbons (Fsp3) is 0.409. The van der Waals surface area contributed by atoms with Gasteiger partial charge in [0.2, 0.25) is 0 Å². The van der Waals surface area contributed by atoms with Crippen LogP contribution in [0.4, 0.5) is 0 Å². The minimum absolute atomic E-state index is 0.0245. The zero-order chi connectivity index (χ0) is 18.9. The summed E-state index contributed by atoms with van der Waals surface area (Å²) in [6.45, 7) is 5.50. The molecule has 0 fully saturated rings. The van der Waals surface area contributed by atoms with Crippen LogP contribution >= 0.6 is 0 Å². The normalized spacial score (nSPS) is 10.5. The van der Waals surface area contributed by atoms with Crippen LogP contribution in [0.25, 0.3) is 0 Å². The van der Waals surface area contributed by atoms with Crippen LogP contribution < -0.4 is 9.47 Å². The van der Waals surface area contributed by atoms with Crippen LogP contribution in [-0.2, 0) is 6.42 Å². The molecule has 4 heteroatoms. The molecule has 0 saturated heterocycles. The van der Waals surface area contributed by atoms with Crippen LogP contribution in [0.15, 0.2) is 42.5 Å². The lowest BCUT2D eigenvalue weighted by atomic mass is 10.1. The van der Waals surface area contributed by atoms with Crippen molar-refractivity contribution in [1.82, 2.24) is 4.90 Å². The first-order valence-electron chi connectivity index (χ1n) is 9.16. The summed E-state index contributed by atoms with van der Waals surface area (Å²) >= 11 is 0. The predicted octanol–water partition coefficient (Wildman–Crippen LogP) is 4.50. The Morgan fingerprint density at radius 2 is 1.62 bits per heavy atom. The highest BCUT2D eigenvalue weighted by atomic mass is 16.5. The summed E-state index contributed by atoms with van der Waals surface area (Å²) in [5, 5.41) is 0. The van der Waals surface area contributed by atoms with Crippen molar-refractivity contribution >= 4 is 5.91 Å². The molecule has 1 amide bonds. The molecule has 0 aliphatic carbocycles. The maximum atomic E-state index is 13.0. The van der Waals surface area contributed by atoms with E-state index in [1.807, 2.05) is 17.9 Å². The van der Waals surface area contributed by atoms with E-state index in [4.69, 9.17) is 9.47 Å². The summed E-state index contributed by atoms with van der Waals surface area (Å²) in [5.41, 5.74) is 2.81. The van der Waals surface area contributed by atoms with E-state index < -0.39 is 0 Å². The van der Waals surface area contributed by atoms with Gasteiger partial charge in [0.05, 0.1) is 14.2 Å². The smallest absolute Gasteiger partial charge is 0.254 e. The largest absolute Gasteiger partial charge is 0.496 e. The van der Waals surface area contributed by atoms with Crippen molar-refractivity contribution in [2.24, 2.45) is 0 Å². The summed E-state index contributed by atoms with van der Waals surface area (Å²) in [6, 6.07) is 14.0. The summed E-state index contributed by atoms with van der Waals surface area (Å²) < 4.78 is 10.8. The highest BCUT2D eigenvalue weighted by Gasteiger charge is 2.18. The van der Waals surface area contributed by atoms with Gasteiger partial charge in [-0.05, 0) is 43.9 Å². The van der Waals surface area contributed by atoms with E-state index in [0.717, 1.165) is 37.9 Å². The van der Waals surface area contributed by atoms with Crippen LogP contribution in [0.5, 0.6) is 11.5 Å². The molecule has 0 bridgehead atoms. The summed E-state index contributed by atoms with van der Waals surface area (Å²) in [4.78, 5) is 15.0. The molecule has 0 unspecified atom stereocenters. The van der Waals surface area contributed by atoms with Crippen LogP contribution in [0.1, 0.15) is 41.3 Å². The topological polar surface area (TPSA) is 38.8 Å². The van der Waals surface area contributed by atoms with Gasteiger partial charge in [-0.15, -0.1) is 0 Å². The molecule has 2 aromatic carbocycles. The third-order valence-electron chi connectivity index (χ3n) is 4.52. The Labute approximate surface area is 156 Å². The van der Waals surface area contributed by atoms with E-state index in [9.17, 15) is 4.79 Å². The van der Waals surface area contributed by atoms with Crippen molar-refractivity contribution in [3.63, 3.8) is 0 Å². The Morgan fingerprint density at radius 1 is 1.00 bits per heavy atom. The molecular weight excluding hydrogens is 326 g/mol. The Kier molecular flexibility index (Phi) is 7.52. The number of rotatable bonds is 9. The molecule has 0 aliphatic rings. The van der Waals surface area contributed by atoms with Crippen molar-refractivity contribution in [3.8, 4) is 11.5 Å². The molecule has 0 saturated carbocycles. The highest BCUT2D eigenvalue weighted by Crippen LogP contribution is 2.30. The number of benzene rings is 2. The van der Waals surface area contributed by atoms with E-state index in [1.54, 1.807) is 26.4 Å². The number of hydrogen-bond donors (Lipinski definition) is 0. The van der Waals surface area contributed by atoms with Crippen LogP contribution in [-0.4, -0.2) is 38.1 Å². The monoisotopic (exact) mass is 355 g/mol. The molecule has 4 nitrogen and oxygen atoms in total. The highest BCUT2D eigenvalue weighted by molar-refractivity contribution is 5.95. The van der Waals surface area contributed by atoms with Crippen molar-refractivity contribution < 1.29 is 14.3 Å². The van der Waals surface area contributed by atoms with Crippen LogP contribution in [0.2, 0.25) is 0 Å². The molecule has 26 heavy (non-hydrogen) atoms. The lowest BCUT2D eigenvalue weighted by Crippen LogP contribution is -2.33. The third kappa shape index (κ3) is 5.01. The van der Waals surface area contributed by atoms with Gasteiger partial charge in [0.15, 0.2) is 0 Å². The lowest BCUT2D eigenvalue weighted by molar-refractivity contribution is 0.0753. The third-order valence-corrected chi connectivity index (χ3v) is 4.52. The molecular formula is C22H29NO3. The number of amides is 1. The zero-order valence-electron chi connectivity index (χ0n) is 16.2. The number of carbonyl (C=O) groups is 1. The fourth-order valence-corrected chi connectivity index (χ4v) is 3.10. The quantitative estimate of drug-likeness (QED) is 0.665. The van der Waals surface area contributed by atoms with Crippen molar-refractivity contribution in [3.05, 3.63) is 59.2 Å². The molecule has 140 valence electrons. The first kappa shape index (κ1) is 19.8. The first-order valence-corrected chi connectivity index (χ1v) is 9.16. The van der Waals surface area contributed by atoms with Gasteiger partial charge in [-0.1, -0.05) is 37.3 Å². The maximum absolute atomic E-state index is 13.0. The van der Waals surface area contributed by atoms with Crippen molar-refractivity contribution in [2.75, 3.05) is 27.3 Å². The second-order valence-electron chi connectivity index (χ2n) is 6.39. The molecule has 0 radical (unpaired) electrons. The number of methoxy groups -OCH3 is 2. The zero-order valence-corrected chi connectivity index (χ0v) is 16.2. The predicted molar refractivity (Wildman–Crippen MR) is 105 cm³/mol. The number of hydrogen-bond acceptors (Lipinski definition) is 3. The average molecular weight is 355 g/mol. The minimum atomic E-state index is 0.0245. The van der Waals surface area contributed by atoms with Gasteiger partial charge in [-0.25, -0.2) is 0 Å². The lowest BCUT2D eigenvalue weighted by Gasteiger charge is -2.23. The van der Waals surface area contributed by atoms with Crippen molar-refractivity contribution in [2.45, 2.75) is 33.1 Å². The Bertz CT molecular complexity index is 688. The van der Waals surface area contributed by atoms with Gasteiger partial charge in [0, 0.05) is 24.2 Å². The Morgan fingerprint density at radius 3 is 2.15 bits per heavy atom. The molecule has 0 spiro atoms. The first-order chi connectivity index (χ1) is 12.6. The fourth-order valence-electron chi connectivity index (χ4n) is 3.10. The number of aryl methyl sites for hydroxylation is 1. The average Bonchev–Trinajstić information content (AvgIpc) is 2.67. The second kappa shape index (κ2) is 9.85. The van der Waals surface area contributed by atoms with Gasteiger partial charge in [0.25, 0.3) is 5.91 Å². The van der Waals surface area contributed by atoms with Gasteiger partial charge >= 0.3 is 0 Å². The number of nitrogens with zero attached hydrogens (tertiary/aromatic N) is 1.